The second kappa shape index (κ2) is 15.7. The molecule has 1 fully saturated rings. The van der Waals surface area contributed by atoms with E-state index in [0.29, 0.717) is 25.8 Å². The van der Waals surface area contributed by atoms with Gasteiger partial charge in [0.1, 0.15) is 19.2 Å². The van der Waals surface area contributed by atoms with Crippen LogP contribution in [0.3, 0.4) is 0 Å². The summed E-state index contributed by atoms with van der Waals surface area (Å²) in [6, 6.07) is 0. The second-order valence-corrected chi connectivity index (χ2v) is 6.42. The lowest BCUT2D eigenvalue weighted by Crippen LogP contribution is -2.38. The Balaban J connectivity index is 0.000000499. The fourth-order valence-corrected chi connectivity index (χ4v) is 2.55. The molecule has 0 saturated carbocycles. The van der Waals surface area contributed by atoms with E-state index in [-0.39, 0.29) is 18.9 Å². The fourth-order valence-electron chi connectivity index (χ4n) is 2.55. The Bertz CT molecular complexity index is 536. The molecule has 2 unspecified atom stereocenters. The molecular formula is C18H33F2N5O4. The van der Waals surface area contributed by atoms with Crippen LogP contribution in [0.25, 0.3) is 0 Å². The molecule has 2 heterocycles. The summed E-state index contributed by atoms with van der Waals surface area (Å²) in [5.74, 6) is 0. The van der Waals surface area contributed by atoms with Crippen LogP contribution in [0.1, 0.15) is 19.8 Å². The van der Waals surface area contributed by atoms with Gasteiger partial charge in [0.15, 0.2) is 0 Å². The summed E-state index contributed by atoms with van der Waals surface area (Å²) in [5, 5.41) is 10.5. The molecule has 0 aromatic rings. The molecule has 0 spiro atoms. The predicted molar refractivity (Wildman–Crippen MR) is 105 cm³/mol. The maximum Gasteiger partial charge on any atom is 0.209 e. The van der Waals surface area contributed by atoms with Crippen molar-refractivity contribution in [3.8, 4) is 0 Å². The number of rotatable bonds is 9. The number of aliphatic hydroxyl groups excluding tert-OH is 1. The number of aliphatic hydroxyl groups is 1. The van der Waals surface area contributed by atoms with Crippen LogP contribution in [-0.4, -0.2) is 92.6 Å². The quantitative estimate of drug-likeness (QED) is 0.362. The first-order valence-corrected chi connectivity index (χ1v) is 9.13. The summed E-state index contributed by atoms with van der Waals surface area (Å²) in [7, 11) is 4.05. The molecule has 0 aromatic heterocycles. The number of hydrogen-bond donors (Lipinski definition) is 3. The molecule has 0 radical (unpaired) electrons. The molecule has 0 aromatic carbocycles. The number of carbonyl (C=O) groups excluding carboxylic acids is 2. The minimum Gasteiger partial charge on any atom is -0.394 e. The zero-order valence-electron chi connectivity index (χ0n) is 17.5. The third-order valence-corrected chi connectivity index (χ3v) is 3.93. The van der Waals surface area contributed by atoms with Gasteiger partial charge in [0, 0.05) is 32.1 Å². The Hall–Kier alpha value is -2.24. The van der Waals surface area contributed by atoms with E-state index in [0.717, 1.165) is 31.2 Å². The lowest BCUT2D eigenvalue weighted by Gasteiger charge is -2.22. The van der Waals surface area contributed by atoms with E-state index in [1.807, 2.05) is 11.9 Å². The highest BCUT2D eigenvalue weighted by molar-refractivity contribution is 5.71. The van der Waals surface area contributed by atoms with Gasteiger partial charge in [-0.1, -0.05) is 0 Å². The summed E-state index contributed by atoms with van der Waals surface area (Å²) in [5.41, 5.74) is 7.08. The number of halogens is 2. The minimum atomic E-state index is -0.415. The Morgan fingerprint density at radius 2 is 2.07 bits per heavy atom. The monoisotopic (exact) mass is 421 g/mol. The fraction of sp³-hybridized carbons (Fsp3) is 0.667. The summed E-state index contributed by atoms with van der Waals surface area (Å²) < 4.78 is 26.9. The van der Waals surface area contributed by atoms with Crippen molar-refractivity contribution in [3.05, 3.63) is 23.7 Å². The lowest BCUT2D eigenvalue weighted by atomic mass is 10.2. The number of hydrazine groups is 2. The third kappa shape index (κ3) is 10.8. The van der Waals surface area contributed by atoms with E-state index < -0.39 is 6.67 Å². The Labute approximate surface area is 170 Å². The first-order valence-electron chi connectivity index (χ1n) is 9.13. The molecule has 2 rings (SSSR count). The maximum absolute atomic E-state index is 11.9. The zero-order valence-corrected chi connectivity index (χ0v) is 17.5. The summed E-state index contributed by atoms with van der Waals surface area (Å²) >= 11 is 0. The molecule has 2 atom stereocenters. The number of allylic oxidation sites excluding steroid dienone is 1. The molecule has 9 nitrogen and oxygen atoms in total. The highest BCUT2D eigenvalue weighted by Gasteiger charge is 2.26. The molecule has 168 valence electrons. The molecule has 0 aliphatic carbocycles. The number of nitrogens with zero attached hydrogens (tertiary/aromatic N) is 3. The van der Waals surface area contributed by atoms with Crippen LogP contribution in [0, 0.1) is 0 Å². The molecule has 3 N–H and O–H groups in total. The second-order valence-electron chi connectivity index (χ2n) is 6.42. The molecule has 1 amide bonds. The van der Waals surface area contributed by atoms with Crippen LogP contribution in [-0.2, 0) is 14.3 Å². The summed E-state index contributed by atoms with van der Waals surface area (Å²) in [6.07, 6.45) is 6.75. The largest absolute Gasteiger partial charge is 0.394 e. The van der Waals surface area contributed by atoms with E-state index in [4.69, 9.17) is 9.84 Å². The van der Waals surface area contributed by atoms with Crippen molar-refractivity contribution in [2.45, 2.75) is 32.1 Å². The van der Waals surface area contributed by atoms with Gasteiger partial charge >= 0.3 is 0 Å². The van der Waals surface area contributed by atoms with Gasteiger partial charge in [0.25, 0.3) is 0 Å². The number of amides is 1. The molecule has 29 heavy (non-hydrogen) atoms. The smallest absolute Gasteiger partial charge is 0.209 e. The zero-order chi connectivity index (χ0) is 22.2. The minimum absolute atomic E-state index is 0.0120. The molecule has 1 saturated heterocycles. The van der Waals surface area contributed by atoms with Crippen molar-refractivity contribution in [1.82, 2.24) is 25.8 Å². The highest BCUT2D eigenvalue weighted by atomic mass is 19.1. The third-order valence-electron chi connectivity index (χ3n) is 3.93. The van der Waals surface area contributed by atoms with Crippen LogP contribution in [0.2, 0.25) is 0 Å². The van der Waals surface area contributed by atoms with E-state index in [9.17, 15) is 18.4 Å². The van der Waals surface area contributed by atoms with Crippen molar-refractivity contribution in [2.24, 2.45) is 0 Å². The lowest BCUT2D eigenvalue weighted by molar-refractivity contribution is -0.116. The van der Waals surface area contributed by atoms with Crippen LogP contribution in [0.4, 0.5) is 8.78 Å². The topological polar surface area (TPSA) is 97.4 Å². The van der Waals surface area contributed by atoms with Gasteiger partial charge in [0.05, 0.1) is 38.7 Å². The number of aldehydes is 1. The first kappa shape index (κ1) is 26.8. The summed E-state index contributed by atoms with van der Waals surface area (Å²) in [6.45, 7) is 2.19. The Morgan fingerprint density at radius 1 is 1.38 bits per heavy atom. The van der Waals surface area contributed by atoms with Gasteiger partial charge in [-0.05, 0) is 19.8 Å². The van der Waals surface area contributed by atoms with Crippen molar-refractivity contribution < 1.29 is 28.2 Å². The average molecular weight is 421 g/mol. The van der Waals surface area contributed by atoms with Crippen molar-refractivity contribution >= 4 is 12.7 Å². The normalized spacial score (nSPS) is 20.4. The number of ether oxygens (including phenoxy) is 1. The number of hydrogen-bond acceptors (Lipinski definition) is 8. The number of carbonyl (C=O) groups is 2. The molecular weight excluding hydrogens is 388 g/mol. The number of likely N-dealkylation sites (N-methyl/N-ethyl adjacent to an activating group) is 1. The SMILES string of the molecule is C/C(C=O)=C/N(C)C1CCC(CO)O1.CF.CN(C=O)CC1=CN(CCF)NN1. The first-order chi connectivity index (χ1) is 13.9. The van der Waals surface area contributed by atoms with E-state index in [1.165, 1.54) is 4.90 Å². The number of alkyl halides is 2. The van der Waals surface area contributed by atoms with Crippen LogP contribution >= 0.6 is 0 Å². The van der Waals surface area contributed by atoms with Crippen molar-refractivity contribution in [2.75, 3.05) is 47.6 Å². The van der Waals surface area contributed by atoms with Crippen molar-refractivity contribution in [1.29, 1.82) is 0 Å². The van der Waals surface area contributed by atoms with Gasteiger partial charge in [-0.3, -0.25) is 19.0 Å². The number of nitrogens with one attached hydrogen (secondary N) is 2. The van der Waals surface area contributed by atoms with Gasteiger partial charge in [0.2, 0.25) is 6.41 Å². The van der Waals surface area contributed by atoms with Gasteiger partial charge < -0.3 is 25.1 Å². The van der Waals surface area contributed by atoms with Gasteiger partial charge in [-0.25, -0.2) is 4.39 Å². The standard InChI is InChI=1S/C10H17NO3.C7H13FN4O.CH3F/c1-8(6-12)5-11(2)10-4-3-9(7-13)14-10;1-11(6-13)4-7-5-12(3-2-8)10-9-7;1-2/h5-6,9-10,13H,3-4,7H2,1-2H3;5-6,9-10H,2-4H2,1H3;1H3/b8-5-;;. The van der Waals surface area contributed by atoms with Crippen LogP contribution < -0.4 is 11.0 Å². The van der Waals surface area contributed by atoms with E-state index in [1.54, 1.807) is 31.4 Å². The molecule has 2 aliphatic heterocycles. The van der Waals surface area contributed by atoms with Crippen molar-refractivity contribution in [3.63, 3.8) is 0 Å². The Morgan fingerprint density at radius 3 is 2.59 bits per heavy atom. The molecule has 2 aliphatic rings. The Kier molecular flexibility index (Phi) is 14.4. The summed E-state index contributed by atoms with van der Waals surface area (Å²) in [4.78, 5) is 24.0. The van der Waals surface area contributed by atoms with E-state index >= 15 is 0 Å². The molecule has 11 heteroatoms. The van der Waals surface area contributed by atoms with Gasteiger partial charge in [-0.2, -0.15) is 0 Å². The van der Waals surface area contributed by atoms with E-state index in [2.05, 4.69) is 11.0 Å². The predicted octanol–water partition coefficient (Wildman–Crippen LogP) is 0.314. The van der Waals surface area contributed by atoms with Crippen LogP contribution in [0.15, 0.2) is 23.7 Å². The average Bonchev–Trinajstić information content (AvgIpc) is 3.39. The molecule has 0 bridgehead atoms. The van der Waals surface area contributed by atoms with Crippen LogP contribution in [0.5, 0.6) is 0 Å². The van der Waals surface area contributed by atoms with Gasteiger partial charge in [-0.15, -0.1) is 5.53 Å². The highest BCUT2D eigenvalue weighted by Crippen LogP contribution is 2.21. The maximum atomic E-state index is 11.9.